The number of carbonyl (C=O) groups excluding carboxylic acids is 1. The number of rotatable bonds is 8. The lowest BCUT2D eigenvalue weighted by molar-refractivity contribution is -0.116. The van der Waals surface area contributed by atoms with Gasteiger partial charge in [0, 0.05) is 31.3 Å². The fraction of sp³-hybridized carbons (Fsp3) is 0.476. The van der Waals surface area contributed by atoms with Crippen molar-refractivity contribution in [2.75, 3.05) is 25.0 Å². The van der Waals surface area contributed by atoms with Crippen molar-refractivity contribution in [3.05, 3.63) is 47.0 Å². The van der Waals surface area contributed by atoms with Gasteiger partial charge in [-0.1, -0.05) is 6.07 Å². The predicted octanol–water partition coefficient (Wildman–Crippen LogP) is 2.39. The van der Waals surface area contributed by atoms with E-state index in [-0.39, 0.29) is 18.9 Å². The number of pyridine rings is 1. The molecule has 0 aliphatic heterocycles. The minimum Gasteiger partial charge on any atom is -0.466 e. The molecule has 0 saturated carbocycles. The van der Waals surface area contributed by atoms with Crippen molar-refractivity contribution < 1.29 is 14.3 Å². The Morgan fingerprint density at radius 1 is 1.28 bits per heavy atom. The van der Waals surface area contributed by atoms with Crippen LogP contribution in [-0.2, 0) is 10.4 Å². The van der Waals surface area contributed by atoms with Crippen LogP contribution >= 0.6 is 0 Å². The molecule has 1 atom stereocenters. The van der Waals surface area contributed by atoms with Gasteiger partial charge in [0.1, 0.15) is 22.9 Å². The summed E-state index contributed by atoms with van der Waals surface area (Å²) in [5.41, 5.74) is 0.603. The van der Waals surface area contributed by atoms with E-state index < -0.39 is 5.60 Å². The molecular weight excluding hydrogens is 370 g/mol. The summed E-state index contributed by atoms with van der Waals surface area (Å²) in [6.07, 6.45) is 1.97. The summed E-state index contributed by atoms with van der Waals surface area (Å²) in [4.78, 5) is 20.7. The van der Waals surface area contributed by atoms with Gasteiger partial charge in [-0.05, 0) is 52.3 Å². The third-order valence-electron chi connectivity index (χ3n) is 4.33. The Morgan fingerprint density at radius 2 is 2.03 bits per heavy atom. The number of guanidine groups is 1. The first kappa shape index (κ1) is 22.4. The molecule has 2 aromatic rings. The largest absolute Gasteiger partial charge is 0.466 e. The van der Waals surface area contributed by atoms with Gasteiger partial charge in [-0.25, -0.2) is 9.98 Å². The molecule has 0 saturated heterocycles. The van der Waals surface area contributed by atoms with Gasteiger partial charge in [-0.15, -0.1) is 0 Å². The van der Waals surface area contributed by atoms with Crippen molar-refractivity contribution in [1.29, 1.82) is 0 Å². The highest BCUT2D eigenvalue weighted by Crippen LogP contribution is 2.27. The third kappa shape index (κ3) is 6.90. The summed E-state index contributed by atoms with van der Waals surface area (Å²) in [5, 5.41) is 19.8. The van der Waals surface area contributed by atoms with Crippen LogP contribution in [0.4, 0.5) is 5.82 Å². The molecule has 2 heterocycles. The average Bonchev–Trinajstić information content (AvgIpc) is 3.01. The van der Waals surface area contributed by atoms with Crippen molar-refractivity contribution in [2.24, 2.45) is 4.99 Å². The molecule has 1 amide bonds. The lowest BCUT2D eigenvalue weighted by Crippen LogP contribution is -2.40. The molecule has 2 aromatic heterocycles. The van der Waals surface area contributed by atoms with Crippen LogP contribution in [0.5, 0.6) is 0 Å². The molecule has 2 rings (SSSR count). The smallest absolute Gasteiger partial charge is 0.227 e. The van der Waals surface area contributed by atoms with E-state index in [2.05, 4.69) is 25.9 Å². The lowest BCUT2D eigenvalue weighted by atomic mass is 9.96. The SMILES string of the molecule is CCNC(=NCC(C)(O)c1cc(C)oc1C)NCCC(=O)Nc1ccc(C)cn1. The number of hydrogen-bond donors (Lipinski definition) is 4. The van der Waals surface area contributed by atoms with Gasteiger partial charge < -0.3 is 25.5 Å². The lowest BCUT2D eigenvalue weighted by Gasteiger charge is -2.21. The van der Waals surface area contributed by atoms with Gasteiger partial charge in [0.25, 0.3) is 0 Å². The van der Waals surface area contributed by atoms with Crippen LogP contribution in [0.25, 0.3) is 0 Å². The number of aromatic nitrogens is 1. The molecule has 0 aromatic carbocycles. The van der Waals surface area contributed by atoms with E-state index in [1.165, 1.54) is 0 Å². The van der Waals surface area contributed by atoms with E-state index in [9.17, 15) is 9.90 Å². The number of anilines is 1. The van der Waals surface area contributed by atoms with E-state index in [4.69, 9.17) is 4.42 Å². The number of aryl methyl sites for hydroxylation is 3. The minimum absolute atomic E-state index is 0.138. The summed E-state index contributed by atoms with van der Waals surface area (Å²) in [6, 6.07) is 5.49. The highest BCUT2D eigenvalue weighted by atomic mass is 16.3. The number of hydrogen-bond acceptors (Lipinski definition) is 5. The van der Waals surface area contributed by atoms with E-state index >= 15 is 0 Å². The number of nitrogens with zero attached hydrogens (tertiary/aromatic N) is 2. The second-order valence-electron chi connectivity index (χ2n) is 7.24. The van der Waals surface area contributed by atoms with Crippen LogP contribution in [0, 0.1) is 20.8 Å². The molecule has 4 N–H and O–H groups in total. The van der Waals surface area contributed by atoms with Gasteiger partial charge >= 0.3 is 0 Å². The molecule has 0 aliphatic carbocycles. The molecule has 29 heavy (non-hydrogen) atoms. The Morgan fingerprint density at radius 3 is 2.62 bits per heavy atom. The average molecular weight is 402 g/mol. The van der Waals surface area contributed by atoms with E-state index in [0.29, 0.717) is 30.6 Å². The third-order valence-corrected chi connectivity index (χ3v) is 4.33. The van der Waals surface area contributed by atoms with Crippen molar-refractivity contribution in [2.45, 2.75) is 46.6 Å². The van der Waals surface area contributed by atoms with Crippen molar-refractivity contribution in [3.63, 3.8) is 0 Å². The fourth-order valence-electron chi connectivity index (χ4n) is 2.87. The predicted molar refractivity (Wildman–Crippen MR) is 114 cm³/mol. The van der Waals surface area contributed by atoms with Crippen molar-refractivity contribution in [3.8, 4) is 0 Å². The summed E-state index contributed by atoms with van der Waals surface area (Å²) < 4.78 is 5.51. The molecule has 0 spiro atoms. The quantitative estimate of drug-likeness (QED) is 0.399. The Kier molecular flexibility index (Phi) is 7.78. The molecule has 158 valence electrons. The van der Waals surface area contributed by atoms with Crippen molar-refractivity contribution in [1.82, 2.24) is 15.6 Å². The zero-order chi connectivity index (χ0) is 21.4. The molecule has 0 fully saturated rings. The first-order valence-corrected chi connectivity index (χ1v) is 9.76. The standard InChI is InChI=1S/C21H31N5O3/c1-6-22-20(25-13-21(5,28)17-11-15(3)29-16(17)4)23-10-9-19(27)26-18-8-7-14(2)12-24-18/h7-8,11-12,28H,6,9-10,13H2,1-5H3,(H2,22,23,25)(H,24,26,27). The number of carbonyl (C=O) groups is 1. The summed E-state index contributed by atoms with van der Waals surface area (Å²) in [5.74, 6) is 2.36. The fourth-order valence-corrected chi connectivity index (χ4v) is 2.87. The second kappa shape index (κ2) is 10.1. The van der Waals surface area contributed by atoms with E-state index in [0.717, 1.165) is 16.9 Å². The first-order chi connectivity index (χ1) is 13.7. The van der Waals surface area contributed by atoms with Crippen molar-refractivity contribution >= 4 is 17.7 Å². The van der Waals surface area contributed by atoms with Crippen LogP contribution < -0.4 is 16.0 Å². The number of aliphatic hydroxyl groups is 1. The minimum atomic E-state index is -1.15. The first-order valence-electron chi connectivity index (χ1n) is 9.76. The Balaban J connectivity index is 1.89. The normalized spacial score (nSPS) is 13.7. The maximum atomic E-state index is 12.1. The van der Waals surface area contributed by atoms with Gasteiger partial charge in [-0.3, -0.25) is 4.79 Å². The Bertz CT molecular complexity index is 841. The van der Waals surface area contributed by atoms with Crippen LogP contribution in [0.1, 0.15) is 42.9 Å². The van der Waals surface area contributed by atoms with Gasteiger partial charge in [-0.2, -0.15) is 0 Å². The van der Waals surface area contributed by atoms with E-state index in [1.807, 2.05) is 39.8 Å². The van der Waals surface area contributed by atoms with Crippen LogP contribution in [0.2, 0.25) is 0 Å². The molecule has 8 heteroatoms. The van der Waals surface area contributed by atoms with Crippen LogP contribution in [0.3, 0.4) is 0 Å². The topological polar surface area (TPSA) is 112 Å². The van der Waals surface area contributed by atoms with Gasteiger partial charge in [0.15, 0.2) is 5.96 Å². The molecule has 0 aliphatic rings. The van der Waals surface area contributed by atoms with Crippen LogP contribution in [0.15, 0.2) is 33.8 Å². The number of furan rings is 1. The number of aliphatic imine (C=N–C) groups is 1. The number of amides is 1. The summed E-state index contributed by atoms with van der Waals surface area (Å²) >= 11 is 0. The second-order valence-corrected chi connectivity index (χ2v) is 7.24. The molecule has 0 bridgehead atoms. The van der Waals surface area contributed by atoms with Gasteiger partial charge in [0.05, 0.1) is 6.54 Å². The Hall–Kier alpha value is -2.87. The highest BCUT2D eigenvalue weighted by molar-refractivity contribution is 5.90. The Labute approximate surface area is 171 Å². The van der Waals surface area contributed by atoms with Crippen LogP contribution in [-0.4, -0.2) is 41.6 Å². The zero-order valence-electron chi connectivity index (χ0n) is 17.8. The molecule has 8 nitrogen and oxygen atoms in total. The maximum Gasteiger partial charge on any atom is 0.227 e. The highest BCUT2D eigenvalue weighted by Gasteiger charge is 2.27. The monoisotopic (exact) mass is 401 g/mol. The summed E-state index contributed by atoms with van der Waals surface area (Å²) in [6.45, 7) is 10.5. The molecule has 0 radical (unpaired) electrons. The molecule has 1 unspecified atom stereocenters. The maximum absolute atomic E-state index is 12.1. The van der Waals surface area contributed by atoms with E-state index in [1.54, 1.807) is 19.2 Å². The number of nitrogens with one attached hydrogen (secondary N) is 3. The van der Waals surface area contributed by atoms with Gasteiger partial charge in [0.2, 0.25) is 5.91 Å². The summed E-state index contributed by atoms with van der Waals surface area (Å²) in [7, 11) is 0. The molecular formula is C21H31N5O3. The zero-order valence-corrected chi connectivity index (χ0v) is 17.8.